The molecule has 0 bridgehead atoms. The normalized spacial score (nSPS) is 19.2. The Morgan fingerprint density at radius 3 is 2.63 bits per heavy atom. The Hall–Kier alpha value is -2.62. The molecule has 0 spiro atoms. The molecule has 0 aromatic heterocycles. The Bertz CT molecular complexity index is 814. The van der Waals surface area contributed by atoms with Crippen LogP contribution in [-0.4, -0.2) is 74.6 Å². The van der Waals surface area contributed by atoms with E-state index in [1.807, 2.05) is 18.7 Å². The van der Waals surface area contributed by atoms with Gasteiger partial charge in [0.1, 0.15) is 11.9 Å². The van der Waals surface area contributed by atoms with Crippen molar-refractivity contribution in [3.05, 3.63) is 24.0 Å². The first-order valence-corrected chi connectivity index (χ1v) is 10.3. The van der Waals surface area contributed by atoms with Gasteiger partial charge >= 0.3 is 12.2 Å². The Labute approximate surface area is 180 Å². The van der Waals surface area contributed by atoms with Crippen molar-refractivity contribution >= 4 is 40.8 Å². The first-order valence-electron chi connectivity index (χ1n) is 9.93. The van der Waals surface area contributed by atoms with Crippen molar-refractivity contribution in [2.24, 2.45) is 5.92 Å². The summed E-state index contributed by atoms with van der Waals surface area (Å²) in [7, 11) is 1.34. The highest BCUT2D eigenvalue weighted by Gasteiger charge is 2.33. The second-order valence-corrected chi connectivity index (χ2v) is 8.04. The number of methoxy groups -OCH3 is 1. The van der Waals surface area contributed by atoms with Crippen LogP contribution in [0.3, 0.4) is 0 Å². The number of nitrogens with zero attached hydrogens (tertiary/aromatic N) is 3. The largest absolute Gasteiger partial charge is 0.453 e. The molecule has 8 nitrogen and oxygen atoms in total. The summed E-state index contributed by atoms with van der Waals surface area (Å²) >= 11 is 5.24. The summed E-state index contributed by atoms with van der Waals surface area (Å²) in [6.45, 7) is 6.64. The third-order valence-electron chi connectivity index (χ3n) is 5.20. The lowest BCUT2D eigenvalue weighted by molar-refractivity contribution is 0.121. The van der Waals surface area contributed by atoms with Crippen LogP contribution in [0.5, 0.6) is 0 Å². The molecule has 2 saturated heterocycles. The monoisotopic (exact) mass is 438 g/mol. The Morgan fingerprint density at radius 1 is 1.33 bits per heavy atom. The third-order valence-corrected chi connectivity index (χ3v) is 5.81. The van der Waals surface area contributed by atoms with Crippen molar-refractivity contribution in [1.29, 1.82) is 0 Å². The van der Waals surface area contributed by atoms with Crippen LogP contribution >= 0.6 is 12.2 Å². The number of piperazine rings is 1. The van der Waals surface area contributed by atoms with Gasteiger partial charge in [0.05, 0.1) is 36.6 Å². The average Bonchev–Trinajstić information content (AvgIpc) is 3.12. The third kappa shape index (κ3) is 4.92. The first kappa shape index (κ1) is 22.1. The number of hydrogen-bond acceptors (Lipinski definition) is 6. The van der Waals surface area contributed by atoms with Gasteiger partial charge in [0.25, 0.3) is 0 Å². The van der Waals surface area contributed by atoms with E-state index >= 15 is 0 Å². The molecular formula is C20H27FN4O4S. The fourth-order valence-corrected chi connectivity index (χ4v) is 3.52. The van der Waals surface area contributed by atoms with Gasteiger partial charge in [0.15, 0.2) is 0 Å². The van der Waals surface area contributed by atoms with Crippen molar-refractivity contribution in [1.82, 2.24) is 10.2 Å². The number of nitrogens with one attached hydrogen (secondary N) is 1. The predicted molar refractivity (Wildman–Crippen MR) is 116 cm³/mol. The molecule has 1 atom stereocenters. The average molecular weight is 439 g/mol. The number of halogens is 1. The summed E-state index contributed by atoms with van der Waals surface area (Å²) in [6.07, 6.45) is -1.24. The number of hydrogen-bond donors (Lipinski definition) is 1. The number of amides is 2. The Kier molecular flexibility index (Phi) is 6.96. The van der Waals surface area contributed by atoms with Crippen molar-refractivity contribution in [3.63, 3.8) is 0 Å². The number of thiocarbonyl (C=S) groups is 1. The smallest absolute Gasteiger partial charge is 0.414 e. The summed E-state index contributed by atoms with van der Waals surface area (Å²) in [5.74, 6) is -0.210. The molecule has 10 heteroatoms. The standard InChI is InChI=1S/C20H27FN4O4S/c1-13(2)18(30)22-11-15-12-25(20(27)29-15)14-4-5-17(16(21)10-14)23-6-8-24(9-7-23)19(26)28-3/h4-5,10,13,15H,6-9,11-12H2,1-3H3,(H,22,30)/t15-/m0/s1. The van der Waals surface area contributed by atoms with Crippen LogP contribution in [0, 0.1) is 11.7 Å². The maximum atomic E-state index is 14.8. The van der Waals surface area contributed by atoms with Crippen LogP contribution in [0.15, 0.2) is 18.2 Å². The van der Waals surface area contributed by atoms with Crippen LogP contribution in [0.1, 0.15) is 13.8 Å². The predicted octanol–water partition coefficient (Wildman–Crippen LogP) is 2.61. The molecule has 2 heterocycles. The number of carbonyl (C=O) groups is 2. The minimum absolute atomic E-state index is 0.212. The van der Waals surface area contributed by atoms with Crippen LogP contribution in [0.4, 0.5) is 25.4 Å². The van der Waals surface area contributed by atoms with Gasteiger partial charge in [-0.3, -0.25) is 4.90 Å². The van der Waals surface area contributed by atoms with Gasteiger partial charge in [-0.15, -0.1) is 0 Å². The molecule has 0 saturated carbocycles. The van der Waals surface area contributed by atoms with Gasteiger partial charge in [-0.2, -0.15) is 0 Å². The number of cyclic esters (lactones) is 1. The Morgan fingerprint density at radius 2 is 2.03 bits per heavy atom. The van der Waals surface area contributed by atoms with Crippen LogP contribution in [-0.2, 0) is 9.47 Å². The van der Waals surface area contributed by atoms with Gasteiger partial charge in [0, 0.05) is 32.1 Å². The number of ether oxygens (including phenoxy) is 2. The maximum absolute atomic E-state index is 14.8. The quantitative estimate of drug-likeness (QED) is 0.709. The zero-order valence-electron chi connectivity index (χ0n) is 17.4. The molecule has 2 aliphatic heterocycles. The second kappa shape index (κ2) is 9.46. The van der Waals surface area contributed by atoms with E-state index in [4.69, 9.17) is 21.7 Å². The lowest BCUT2D eigenvalue weighted by atomic mass is 10.2. The molecular weight excluding hydrogens is 411 g/mol. The molecule has 1 aromatic rings. The van der Waals surface area contributed by atoms with Crippen molar-refractivity contribution in [3.8, 4) is 0 Å². The van der Waals surface area contributed by atoms with E-state index in [2.05, 4.69) is 5.32 Å². The molecule has 164 valence electrons. The van der Waals surface area contributed by atoms with Gasteiger partial charge in [0.2, 0.25) is 0 Å². The van der Waals surface area contributed by atoms with Crippen molar-refractivity contribution in [2.45, 2.75) is 20.0 Å². The Balaban J connectivity index is 1.61. The van der Waals surface area contributed by atoms with Crippen LogP contribution in [0.25, 0.3) is 0 Å². The van der Waals surface area contributed by atoms with E-state index in [0.29, 0.717) is 55.6 Å². The van der Waals surface area contributed by atoms with E-state index in [-0.39, 0.29) is 18.1 Å². The minimum Gasteiger partial charge on any atom is -0.453 e. The lowest BCUT2D eigenvalue weighted by Gasteiger charge is -2.35. The van der Waals surface area contributed by atoms with Crippen LogP contribution < -0.4 is 15.1 Å². The van der Waals surface area contributed by atoms with Crippen LogP contribution in [0.2, 0.25) is 0 Å². The molecule has 2 aliphatic rings. The second-order valence-electron chi connectivity index (χ2n) is 7.60. The summed E-state index contributed by atoms with van der Waals surface area (Å²) < 4.78 is 24.9. The molecule has 0 unspecified atom stereocenters. The van der Waals surface area contributed by atoms with Gasteiger partial charge in [-0.25, -0.2) is 14.0 Å². The number of rotatable bonds is 5. The molecule has 2 fully saturated rings. The van der Waals surface area contributed by atoms with Crippen molar-refractivity contribution in [2.75, 3.05) is 56.2 Å². The summed E-state index contributed by atoms with van der Waals surface area (Å²) in [5, 5.41) is 3.11. The molecule has 30 heavy (non-hydrogen) atoms. The van der Waals surface area contributed by atoms with E-state index < -0.39 is 11.9 Å². The number of carbonyl (C=O) groups excluding carboxylic acids is 2. The van der Waals surface area contributed by atoms with Gasteiger partial charge in [-0.05, 0) is 18.2 Å². The summed E-state index contributed by atoms with van der Waals surface area (Å²) in [4.78, 5) is 29.4. The highest BCUT2D eigenvalue weighted by atomic mass is 32.1. The SMILES string of the molecule is COC(=O)N1CCN(c2ccc(N3C[C@H](CNC(=S)C(C)C)OC3=O)cc2F)CC1. The topological polar surface area (TPSA) is 74.3 Å². The molecule has 0 aliphatic carbocycles. The minimum atomic E-state index is -0.504. The molecule has 0 radical (unpaired) electrons. The summed E-state index contributed by atoms with van der Waals surface area (Å²) in [6, 6.07) is 4.71. The highest BCUT2D eigenvalue weighted by molar-refractivity contribution is 7.80. The molecule has 3 rings (SSSR count). The van der Waals surface area contributed by atoms with E-state index in [0.717, 1.165) is 0 Å². The van der Waals surface area contributed by atoms with Crippen molar-refractivity contribution < 1.29 is 23.5 Å². The summed E-state index contributed by atoms with van der Waals surface area (Å²) in [5.41, 5.74) is 0.889. The maximum Gasteiger partial charge on any atom is 0.414 e. The zero-order chi connectivity index (χ0) is 21.8. The van der Waals surface area contributed by atoms with E-state index in [1.54, 1.807) is 17.0 Å². The van der Waals surface area contributed by atoms with E-state index in [9.17, 15) is 14.0 Å². The number of anilines is 2. The van der Waals surface area contributed by atoms with Gasteiger partial charge in [-0.1, -0.05) is 26.1 Å². The fourth-order valence-electron chi connectivity index (χ4n) is 3.44. The van der Waals surface area contributed by atoms with E-state index in [1.165, 1.54) is 18.1 Å². The van der Waals surface area contributed by atoms with Gasteiger partial charge < -0.3 is 24.6 Å². The highest BCUT2D eigenvalue weighted by Crippen LogP contribution is 2.28. The molecule has 2 amide bonds. The fraction of sp³-hybridized carbons (Fsp3) is 0.550. The lowest BCUT2D eigenvalue weighted by Crippen LogP contribution is -2.49. The zero-order valence-corrected chi connectivity index (χ0v) is 18.2. The molecule has 1 aromatic carbocycles. The number of benzene rings is 1. The molecule has 1 N–H and O–H groups in total. The first-order chi connectivity index (χ1) is 14.3.